The molecule has 5 heteroatoms. The summed E-state index contributed by atoms with van der Waals surface area (Å²) in [5, 5.41) is 20.5. The van der Waals surface area contributed by atoms with Crippen molar-refractivity contribution in [2.45, 2.75) is 148 Å². The summed E-state index contributed by atoms with van der Waals surface area (Å²) in [7, 11) is 0. The molecule has 4 saturated carbocycles. The molecule has 0 aromatic carbocycles. The Labute approximate surface area is 260 Å². The number of ketones is 1. The second-order valence-corrected chi connectivity index (χ2v) is 14.9. The Kier molecular flexibility index (Phi) is 10.2. The molecule has 4 aliphatic carbocycles. The first-order valence-corrected chi connectivity index (χ1v) is 17.6. The highest BCUT2D eigenvalue weighted by Gasteiger charge is 2.57. The van der Waals surface area contributed by atoms with Gasteiger partial charge in [0, 0.05) is 25.2 Å². The van der Waals surface area contributed by atoms with Crippen molar-refractivity contribution in [1.29, 1.82) is 0 Å². The number of aromatic nitrogens is 1. The van der Waals surface area contributed by atoms with Gasteiger partial charge in [0.1, 0.15) is 11.5 Å². The van der Waals surface area contributed by atoms with Gasteiger partial charge < -0.3 is 14.6 Å². The van der Waals surface area contributed by atoms with Gasteiger partial charge in [-0.05, 0) is 111 Å². The lowest BCUT2D eigenvalue weighted by molar-refractivity contribution is -0.124. The van der Waals surface area contributed by atoms with Crippen LogP contribution in [0.2, 0.25) is 0 Å². The maximum absolute atomic E-state index is 13.6. The Bertz CT molecular complexity index is 1200. The molecule has 4 fully saturated rings. The molecular formula is C38H57NO4. The third-order valence-electron chi connectivity index (χ3n) is 12.0. The van der Waals surface area contributed by atoms with Gasteiger partial charge in [-0.1, -0.05) is 58.4 Å². The number of hydrogen-bond acceptors (Lipinski definition) is 5. The first-order chi connectivity index (χ1) is 20.6. The number of Topliss-reactive ketones (excluding diaryl/α,β-unsaturated/α-hetero) is 1. The summed E-state index contributed by atoms with van der Waals surface area (Å²) >= 11 is 0. The smallest absolute Gasteiger partial charge is 0.201 e. The van der Waals surface area contributed by atoms with Crippen molar-refractivity contribution >= 4 is 5.78 Å². The van der Waals surface area contributed by atoms with Crippen LogP contribution >= 0.6 is 0 Å². The normalized spacial score (nSPS) is 33.5. The molecule has 5 rings (SSSR count). The van der Waals surface area contributed by atoms with Crippen molar-refractivity contribution in [1.82, 2.24) is 4.98 Å². The number of fused-ring (bicyclic) bond motifs is 1. The Morgan fingerprint density at radius 3 is 2.67 bits per heavy atom. The molecule has 1 aromatic rings. The maximum atomic E-state index is 13.6. The molecule has 0 unspecified atom stereocenters. The van der Waals surface area contributed by atoms with Crippen molar-refractivity contribution < 1.29 is 19.4 Å². The van der Waals surface area contributed by atoms with Crippen molar-refractivity contribution in [2.75, 3.05) is 0 Å². The molecule has 0 bridgehead atoms. The zero-order valence-corrected chi connectivity index (χ0v) is 27.4. The lowest BCUT2D eigenvalue weighted by Crippen LogP contribution is -2.36. The van der Waals surface area contributed by atoms with Crippen LogP contribution in [0.25, 0.3) is 0 Å². The van der Waals surface area contributed by atoms with E-state index in [0.717, 1.165) is 80.6 Å². The van der Waals surface area contributed by atoms with Crippen LogP contribution in [0.1, 0.15) is 136 Å². The predicted octanol–water partition coefficient (Wildman–Crippen LogP) is 8.59. The molecule has 4 aliphatic rings. The number of aliphatic hydroxyl groups is 2. The Balaban J connectivity index is 1.28. The van der Waals surface area contributed by atoms with E-state index in [-0.39, 0.29) is 16.7 Å². The van der Waals surface area contributed by atoms with Gasteiger partial charge >= 0.3 is 0 Å². The molecule has 0 amide bonds. The van der Waals surface area contributed by atoms with E-state index in [2.05, 4.69) is 46.4 Å². The van der Waals surface area contributed by atoms with Gasteiger partial charge in [-0.3, -0.25) is 4.79 Å². The van der Waals surface area contributed by atoms with Crippen molar-refractivity contribution in [3.63, 3.8) is 0 Å². The average molecular weight is 592 g/mol. The van der Waals surface area contributed by atoms with E-state index in [1.807, 2.05) is 6.20 Å². The third-order valence-corrected chi connectivity index (χ3v) is 12.0. The maximum Gasteiger partial charge on any atom is 0.201 e. The largest absolute Gasteiger partial charge is 0.445 e. The van der Waals surface area contributed by atoms with Gasteiger partial charge in [0.15, 0.2) is 0 Å². The van der Waals surface area contributed by atoms with Gasteiger partial charge in [0.25, 0.3) is 0 Å². The van der Waals surface area contributed by atoms with E-state index in [1.54, 1.807) is 0 Å². The van der Waals surface area contributed by atoms with Gasteiger partial charge in [0.2, 0.25) is 5.89 Å². The number of carbonyl (C=O) groups is 1. The second-order valence-electron chi connectivity index (χ2n) is 14.9. The van der Waals surface area contributed by atoms with Crippen LogP contribution in [0.4, 0.5) is 0 Å². The van der Waals surface area contributed by atoms with E-state index in [9.17, 15) is 15.0 Å². The number of carbonyl (C=O) groups excluding carboxylic acids is 1. The highest BCUT2D eigenvalue weighted by atomic mass is 16.4. The number of aliphatic hydroxyl groups excluding tert-OH is 2. The van der Waals surface area contributed by atoms with Crippen LogP contribution < -0.4 is 0 Å². The lowest BCUT2D eigenvalue weighted by Gasteiger charge is -2.44. The third kappa shape index (κ3) is 6.69. The first kappa shape index (κ1) is 32.4. The SMILES string of the molecule is C=C1/C(=C\C=C2/CCC[C@]3(C)[C@@H]([C@H](C)CC[C@@H](C(=O)CCC)C4(c5ncc(CCCC)o5)CC4)CC[C@@H]23)C[C@@H](O)C[C@@H]1O. The van der Waals surface area contributed by atoms with E-state index in [1.165, 1.54) is 31.3 Å². The van der Waals surface area contributed by atoms with E-state index < -0.39 is 12.2 Å². The molecule has 0 saturated heterocycles. The first-order valence-electron chi connectivity index (χ1n) is 17.6. The summed E-state index contributed by atoms with van der Waals surface area (Å²) < 4.78 is 6.31. The summed E-state index contributed by atoms with van der Waals surface area (Å²) in [5.41, 5.74) is 3.39. The zero-order valence-electron chi connectivity index (χ0n) is 27.4. The highest BCUT2D eigenvalue weighted by molar-refractivity contribution is 5.83. The minimum absolute atomic E-state index is 0.0142. The summed E-state index contributed by atoms with van der Waals surface area (Å²) in [6, 6.07) is 0. The molecule has 7 atom stereocenters. The Hall–Kier alpha value is -1.98. The summed E-state index contributed by atoms with van der Waals surface area (Å²) in [5.74, 6) is 4.02. The minimum Gasteiger partial charge on any atom is -0.445 e. The fourth-order valence-corrected chi connectivity index (χ4v) is 9.33. The number of allylic oxidation sites excluding steroid dienone is 3. The number of oxazole rings is 1. The number of nitrogens with zero attached hydrogens (tertiary/aromatic N) is 1. The van der Waals surface area contributed by atoms with Crippen LogP contribution in [0.5, 0.6) is 0 Å². The Morgan fingerprint density at radius 1 is 1.16 bits per heavy atom. The van der Waals surface area contributed by atoms with Crippen LogP contribution in [0.15, 0.2) is 46.1 Å². The van der Waals surface area contributed by atoms with Crippen LogP contribution in [0.3, 0.4) is 0 Å². The van der Waals surface area contributed by atoms with Gasteiger partial charge in [-0.25, -0.2) is 4.98 Å². The van der Waals surface area contributed by atoms with Crippen molar-refractivity contribution in [3.8, 4) is 0 Å². The van der Waals surface area contributed by atoms with Crippen molar-refractivity contribution in [2.24, 2.45) is 29.1 Å². The van der Waals surface area contributed by atoms with E-state index in [0.29, 0.717) is 42.8 Å². The van der Waals surface area contributed by atoms with E-state index in [4.69, 9.17) is 9.40 Å². The van der Waals surface area contributed by atoms with Crippen LogP contribution in [-0.2, 0) is 16.6 Å². The summed E-state index contributed by atoms with van der Waals surface area (Å²) in [6.45, 7) is 13.4. The predicted molar refractivity (Wildman–Crippen MR) is 173 cm³/mol. The fraction of sp³-hybridized carbons (Fsp3) is 0.737. The molecule has 238 valence electrons. The minimum atomic E-state index is -0.642. The topological polar surface area (TPSA) is 83.6 Å². The Morgan fingerprint density at radius 2 is 1.95 bits per heavy atom. The standard InChI is InChI=1S/C38H57NO4/c1-6-8-12-30-24-39-36(43-30)38(20-21-38)33(34(41)10-7-2)16-13-25(3)31-17-18-32-27(11-9-19-37(31,32)5)14-15-28-22-29(40)23-35(42)26(28)4/h14-15,24-25,29,31-33,35,40,42H,4,6-13,16-23H2,1-3,5H3/b27-14+,28-15-/t25-,29-,31-,32+,33+,35+,37-/m1/s1. The zero-order chi connectivity index (χ0) is 30.8. The number of rotatable bonds is 13. The molecule has 0 spiro atoms. The lowest BCUT2D eigenvalue weighted by atomic mass is 9.60. The monoisotopic (exact) mass is 591 g/mol. The van der Waals surface area contributed by atoms with Crippen molar-refractivity contribution in [3.05, 3.63) is 53.3 Å². The fourth-order valence-electron chi connectivity index (χ4n) is 9.33. The molecule has 1 heterocycles. The molecule has 0 radical (unpaired) electrons. The van der Waals surface area contributed by atoms with Crippen LogP contribution in [-0.4, -0.2) is 33.2 Å². The van der Waals surface area contributed by atoms with Gasteiger partial charge in [0.05, 0.1) is 23.8 Å². The second kappa shape index (κ2) is 13.6. The van der Waals surface area contributed by atoms with Gasteiger partial charge in [-0.15, -0.1) is 0 Å². The molecule has 2 N–H and O–H groups in total. The molecule has 43 heavy (non-hydrogen) atoms. The highest BCUT2D eigenvalue weighted by Crippen LogP contribution is 2.61. The molecular weight excluding hydrogens is 534 g/mol. The molecule has 1 aromatic heterocycles. The quantitative estimate of drug-likeness (QED) is 0.240. The summed E-state index contributed by atoms with van der Waals surface area (Å²) in [4.78, 5) is 18.3. The average Bonchev–Trinajstić information content (AvgIpc) is 3.47. The molecule has 0 aliphatic heterocycles. The summed E-state index contributed by atoms with van der Waals surface area (Å²) in [6.07, 6.45) is 21.0. The van der Waals surface area contributed by atoms with E-state index >= 15 is 0 Å². The van der Waals surface area contributed by atoms with Crippen LogP contribution in [0, 0.1) is 29.1 Å². The number of aryl methyl sites for hydroxylation is 1. The number of unbranched alkanes of at least 4 members (excludes halogenated alkanes) is 1. The molecule has 5 nitrogen and oxygen atoms in total. The van der Waals surface area contributed by atoms with Gasteiger partial charge in [-0.2, -0.15) is 0 Å². The number of hydrogen-bond donors (Lipinski definition) is 2.